The Morgan fingerprint density at radius 1 is 1.27 bits per heavy atom. The number of nitrogens with one attached hydrogen (secondary N) is 1. The zero-order valence-corrected chi connectivity index (χ0v) is 16.9. The lowest BCUT2D eigenvalue weighted by Crippen LogP contribution is -2.47. The highest BCUT2D eigenvalue weighted by Gasteiger charge is 2.39. The van der Waals surface area contributed by atoms with Crippen LogP contribution < -0.4 is 5.32 Å². The molecule has 1 N–H and O–H groups in total. The maximum atomic E-state index is 12.7. The summed E-state index contributed by atoms with van der Waals surface area (Å²) in [6.45, 7) is 14.6. The van der Waals surface area contributed by atoms with Crippen LogP contribution in [0.15, 0.2) is 24.3 Å². The van der Waals surface area contributed by atoms with Gasteiger partial charge in [0.05, 0.1) is 18.1 Å². The van der Waals surface area contributed by atoms with Crippen LogP contribution in [-0.2, 0) is 14.3 Å². The van der Waals surface area contributed by atoms with Crippen LogP contribution in [0.3, 0.4) is 0 Å². The molecule has 2 unspecified atom stereocenters. The molecule has 0 aromatic heterocycles. The molecule has 1 saturated carbocycles. The summed E-state index contributed by atoms with van der Waals surface area (Å²) in [6.07, 6.45) is 0.673. The summed E-state index contributed by atoms with van der Waals surface area (Å²) in [7, 11) is 1.61. The van der Waals surface area contributed by atoms with Crippen LogP contribution in [0.4, 0.5) is 0 Å². The van der Waals surface area contributed by atoms with E-state index in [1.165, 1.54) is 5.56 Å². The highest BCUT2D eigenvalue weighted by atomic mass is 16.5. The fourth-order valence-corrected chi connectivity index (χ4v) is 4.18. The topological polar surface area (TPSA) is 55.4 Å². The van der Waals surface area contributed by atoms with Gasteiger partial charge in [0.15, 0.2) is 0 Å². The Hall–Kier alpha value is -1.94. The van der Waals surface area contributed by atoms with Gasteiger partial charge in [-0.05, 0) is 57.2 Å². The normalized spacial score (nSPS) is 20.5. The first-order valence-corrected chi connectivity index (χ1v) is 9.15. The SMILES string of the molecule is C=C1C(CC(=O)NC(C)(C)COC)CC(=O)C1c1c(C)cc(C)cc1C. The van der Waals surface area contributed by atoms with Gasteiger partial charge in [0.25, 0.3) is 0 Å². The molecule has 1 aromatic rings. The second kappa shape index (κ2) is 7.75. The van der Waals surface area contributed by atoms with E-state index >= 15 is 0 Å². The van der Waals surface area contributed by atoms with Crippen LogP contribution in [0.5, 0.6) is 0 Å². The van der Waals surface area contributed by atoms with Crippen LogP contribution in [0.2, 0.25) is 0 Å². The monoisotopic (exact) mass is 357 g/mol. The molecule has 0 radical (unpaired) electrons. The Balaban J connectivity index is 2.16. The summed E-state index contributed by atoms with van der Waals surface area (Å²) in [5.41, 5.74) is 4.93. The van der Waals surface area contributed by atoms with Gasteiger partial charge in [-0.1, -0.05) is 29.8 Å². The van der Waals surface area contributed by atoms with Gasteiger partial charge >= 0.3 is 0 Å². The third-order valence-electron chi connectivity index (χ3n) is 5.11. The number of amides is 1. The maximum absolute atomic E-state index is 12.7. The predicted molar refractivity (Wildman–Crippen MR) is 104 cm³/mol. The number of hydrogen-bond donors (Lipinski definition) is 1. The zero-order valence-electron chi connectivity index (χ0n) is 16.9. The molecular weight excluding hydrogens is 326 g/mol. The van der Waals surface area contributed by atoms with Gasteiger partial charge in [-0.25, -0.2) is 0 Å². The quantitative estimate of drug-likeness (QED) is 0.789. The molecule has 1 aliphatic carbocycles. The molecule has 142 valence electrons. The Morgan fingerprint density at radius 3 is 2.38 bits per heavy atom. The molecule has 4 heteroatoms. The van der Waals surface area contributed by atoms with Crippen molar-refractivity contribution >= 4 is 11.7 Å². The van der Waals surface area contributed by atoms with Crippen molar-refractivity contribution in [3.05, 3.63) is 46.5 Å². The molecule has 0 aliphatic heterocycles. The predicted octanol–water partition coefficient (Wildman–Crippen LogP) is 3.77. The molecule has 0 spiro atoms. The summed E-state index contributed by atoms with van der Waals surface area (Å²) in [5.74, 6) is -0.297. The lowest BCUT2D eigenvalue weighted by molar-refractivity contribution is -0.124. The van der Waals surface area contributed by atoms with Gasteiger partial charge < -0.3 is 10.1 Å². The summed E-state index contributed by atoms with van der Waals surface area (Å²) in [4.78, 5) is 25.2. The Morgan fingerprint density at radius 2 is 1.85 bits per heavy atom. The number of aryl methyl sites for hydroxylation is 3. The maximum Gasteiger partial charge on any atom is 0.221 e. The van der Waals surface area contributed by atoms with Gasteiger partial charge in [-0.3, -0.25) is 9.59 Å². The van der Waals surface area contributed by atoms with Crippen molar-refractivity contribution in [1.82, 2.24) is 5.32 Å². The van der Waals surface area contributed by atoms with Gasteiger partial charge in [0.1, 0.15) is 5.78 Å². The fraction of sp³-hybridized carbons (Fsp3) is 0.545. The molecule has 2 rings (SSSR count). The smallest absolute Gasteiger partial charge is 0.221 e. The minimum atomic E-state index is -0.431. The van der Waals surface area contributed by atoms with E-state index in [0.29, 0.717) is 13.0 Å². The molecule has 0 saturated heterocycles. The van der Waals surface area contributed by atoms with Crippen LogP contribution in [-0.4, -0.2) is 30.9 Å². The average molecular weight is 357 g/mol. The van der Waals surface area contributed by atoms with Crippen LogP contribution in [0.25, 0.3) is 0 Å². The van der Waals surface area contributed by atoms with Crippen molar-refractivity contribution in [2.24, 2.45) is 5.92 Å². The van der Waals surface area contributed by atoms with E-state index in [0.717, 1.165) is 22.3 Å². The Kier molecular flexibility index (Phi) is 6.07. The van der Waals surface area contributed by atoms with Gasteiger partial charge in [-0.2, -0.15) is 0 Å². The number of methoxy groups -OCH3 is 1. The Labute approximate surface area is 157 Å². The van der Waals surface area contributed by atoms with E-state index in [-0.39, 0.29) is 29.9 Å². The van der Waals surface area contributed by atoms with E-state index < -0.39 is 5.54 Å². The van der Waals surface area contributed by atoms with Gasteiger partial charge in [0.2, 0.25) is 5.91 Å². The van der Waals surface area contributed by atoms with E-state index in [1.54, 1.807) is 7.11 Å². The number of rotatable bonds is 6. The molecule has 1 aromatic carbocycles. The molecule has 0 bridgehead atoms. The van der Waals surface area contributed by atoms with Crippen molar-refractivity contribution in [2.75, 3.05) is 13.7 Å². The van der Waals surface area contributed by atoms with Crippen LogP contribution >= 0.6 is 0 Å². The zero-order chi connectivity index (χ0) is 19.6. The molecular formula is C22H31NO3. The number of carbonyl (C=O) groups is 2. The van der Waals surface area contributed by atoms with Crippen molar-refractivity contribution in [1.29, 1.82) is 0 Å². The van der Waals surface area contributed by atoms with E-state index in [2.05, 4.69) is 31.0 Å². The first kappa shape index (κ1) is 20.4. The number of ketones is 1. The molecule has 1 aliphatic rings. The van der Waals surface area contributed by atoms with Crippen LogP contribution in [0, 0.1) is 26.7 Å². The molecule has 0 heterocycles. The molecule has 26 heavy (non-hydrogen) atoms. The summed E-state index contributed by atoms with van der Waals surface area (Å²) in [5, 5.41) is 2.99. The summed E-state index contributed by atoms with van der Waals surface area (Å²) >= 11 is 0. The molecule has 1 amide bonds. The number of benzene rings is 1. The van der Waals surface area contributed by atoms with Crippen molar-refractivity contribution in [3.63, 3.8) is 0 Å². The lowest BCUT2D eigenvalue weighted by Gasteiger charge is -2.26. The largest absolute Gasteiger partial charge is 0.382 e. The first-order chi connectivity index (χ1) is 12.1. The highest BCUT2D eigenvalue weighted by Crippen LogP contribution is 2.43. The third kappa shape index (κ3) is 4.42. The van der Waals surface area contributed by atoms with Crippen molar-refractivity contribution < 1.29 is 14.3 Å². The number of carbonyl (C=O) groups excluding carboxylic acids is 2. The third-order valence-corrected chi connectivity index (χ3v) is 5.11. The number of Topliss-reactive ketones (excluding diaryl/α,β-unsaturated/α-hetero) is 1. The second-order valence-corrected chi connectivity index (χ2v) is 8.26. The van der Waals surface area contributed by atoms with E-state index in [4.69, 9.17) is 4.74 Å². The minimum Gasteiger partial charge on any atom is -0.382 e. The van der Waals surface area contributed by atoms with Crippen LogP contribution in [0.1, 0.15) is 54.9 Å². The average Bonchev–Trinajstić information content (AvgIpc) is 2.73. The lowest BCUT2D eigenvalue weighted by atomic mass is 9.84. The van der Waals surface area contributed by atoms with Gasteiger partial charge in [-0.15, -0.1) is 0 Å². The molecule has 1 fully saturated rings. The Bertz CT molecular complexity index is 710. The van der Waals surface area contributed by atoms with Crippen molar-refractivity contribution in [2.45, 2.75) is 58.9 Å². The standard InChI is InChI=1S/C22H31NO3/c1-13-8-14(2)20(15(3)9-13)21-16(4)17(10-18(21)24)11-19(25)23-22(5,6)12-26-7/h8-9,17,21H,4,10-12H2,1-3,5-7H3,(H,23,25). The number of allylic oxidation sites excluding steroid dienone is 1. The molecule has 4 nitrogen and oxygen atoms in total. The van der Waals surface area contributed by atoms with E-state index in [9.17, 15) is 9.59 Å². The minimum absolute atomic E-state index is 0.0657. The highest BCUT2D eigenvalue weighted by molar-refractivity contribution is 5.94. The summed E-state index contributed by atoms with van der Waals surface area (Å²) < 4.78 is 5.14. The number of hydrogen-bond acceptors (Lipinski definition) is 3. The number of ether oxygens (including phenoxy) is 1. The first-order valence-electron chi connectivity index (χ1n) is 9.15. The second-order valence-electron chi connectivity index (χ2n) is 8.26. The van der Waals surface area contributed by atoms with Gasteiger partial charge in [0, 0.05) is 20.0 Å². The fourth-order valence-electron chi connectivity index (χ4n) is 4.18. The van der Waals surface area contributed by atoms with E-state index in [1.807, 2.05) is 27.7 Å². The molecule has 2 atom stereocenters. The summed E-state index contributed by atoms with van der Waals surface area (Å²) in [6, 6.07) is 4.21. The van der Waals surface area contributed by atoms with Crippen molar-refractivity contribution in [3.8, 4) is 0 Å².